The molecule has 1 aliphatic heterocycles. The molecule has 1 N–H and O–H groups in total. The van der Waals surface area contributed by atoms with Crippen molar-refractivity contribution in [3.8, 4) is 5.75 Å². The molecule has 6 nitrogen and oxygen atoms in total. The average Bonchev–Trinajstić information content (AvgIpc) is 3.47. The number of halogens is 5. The molecule has 1 saturated heterocycles. The van der Waals surface area contributed by atoms with Gasteiger partial charge in [0.05, 0.1) is 6.10 Å². The number of aliphatic hydroxyl groups excluding tert-OH is 1. The van der Waals surface area contributed by atoms with Gasteiger partial charge in [-0.3, -0.25) is 4.98 Å². The maximum atomic E-state index is 13.3. The van der Waals surface area contributed by atoms with Crippen molar-refractivity contribution in [2.24, 2.45) is 23.2 Å². The van der Waals surface area contributed by atoms with Gasteiger partial charge in [0.15, 0.2) is 0 Å². The molecule has 306 valence electrons. The predicted molar refractivity (Wildman–Crippen MR) is 205 cm³/mol. The van der Waals surface area contributed by atoms with Gasteiger partial charge < -0.3 is 19.3 Å². The molecule has 1 aromatic heterocycles. The summed E-state index contributed by atoms with van der Waals surface area (Å²) < 4.78 is 81.3. The highest BCUT2D eigenvalue weighted by Crippen LogP contribution is 2.63. The van der Waals surface area contributed by atoms with Crippen LogP contribution in [0.1, 0.15) is 138 Å². The van der Waals surface area contributed by atoms with Crippen LogP contribution in [-0.2, 0) is 17.6 Å². The van der Waals surface area contributed by atoms with E-state index in [9.17, 15) is 36.4 Å². The fraction of sp³-hybridized carbons (Fsp3) is 0.721. The number of unbranched alkanes of at least 4 members (excludes halogenated alkanes) is 6. The third-order valence-electron chi connectivity index (χ3n) is 13.7. The SMILES string of the molecule is C[C@]12CC[C@@H]3c4ccc(OC(=O)N5CCC(c6ccncc6)CC5)cc4C[C@@H](CCCCCCCCC[S+]([O-])CCCC(F)(F)C(F)(F)F)[C@H]3[C@@H]1CC[C@@H]2O. The van der Waals surface area contributed by atoms with Crippen LogP contribution in [0.2, 0.25) is 0 Å². The minimum absolute atomic E-state index is 0.0327. The second-order valence-corrected chi connectivity index (χ2v) is 18.8. The number of rotatable bonds is 16. The van der Waals surface area contributed by atoms with E-state index in [1.807, 2.05) is 23.4 Å². The maximum absolute atomic E-state index is 13.3. The van der Waals surface area contributed by atoms with Gasteiger partial charge in [0.25, 0.3) is 0 Å². The molecule has 6 rings (SSSR count). The first kappa shape index (κ1) is 42.2. The van der Waals surface area contributed by atoms with E-state index in [0.29, 0.717) is 60.6 Å². The van der Waals surface area contributed by atoms with Gasteiger partial charge in [-0.15, -0.1) is 0 Å². The number of carbonyl (C=O) groups is 1. The van der Waals surface area contributed by atoms with Crippen molar-refractivity contribution >= 4 is 17.3 Å². The Bertz CT molecular complexity index is 1540. The average molecular weight is 795 g/mol. The van der Waals surface area contributed by atoms with E-state index < -0.39 is 36.1 Å². The van der Waals surface area contributed by atoms with Crippen LogP contribution in [0.5, 0.6) is 5.75 Å². The number of fused-ring (bicyclic) bond motifs is 5. The lowest BCUT2D eigenvalue weighted by atomic mass is 9.52. The van der Waals surface area contributed by atoms with Crippen LogP contribution in [0.25, 0.3) is 0 Å². The summed E-state index contributed by atoms with van der Waals surface area (Å²) in [6.45, 7) is 3.64. The zero-order valence-corrected chi connectivity index (χ0v) is 33.0. The van der Waals surface area contributed by atoms with Gasteiger partial charge in [-0.2, -0.15) is 22.0 Å². The number of likely N-dealkylation sites (tertiary alicyclic amines) is 1. The van der Waals surface area contributed by atoms with Crippen molar-refractivity contribution in [3.63, 3.8) is 0 Å². The summed E-state index contributed by atoms with van der Waals surface area (Å²) in [5.74, 6) is -1.51. The molecule has 3 fully saturated rings. The minimum atomic E-state index is -5.56. The molecule has 0 bridgehead atoms. The van der Waals surface area contributed by atoms with Crippen LogP contribution in [0.15, 0.2) is 42.7 Å². The predicted octanol–water partition coefficient (Wildman–Crippen LogP) is 10.8. The van der Waals surface area contributed by atoms with Gasteiger partial charge in [0.2, 0.25) is 0 Å². The molecule has 1 amide bonds. The summed E-state index contributed by atoms with van der Waals surface area (Å²) in [6.07, 6.45) is 10.6. The highest BCUT2D eigenvalue weighted by Gasteiger charge is 2.57. The summed E-state index contributed by atoms with van der Waals surface area (Å²) in [6, 6.07) is 10.4. The number of aliphatic hydroxyl groups is 1. The number of aromatic nitrogens is 1. The molecule has 0 spiro atoms. The van der Waals surface area contributed by atoms with Crippen molar-refractivity contribution in [2.45, 2.75) is 146 Å². The van der Waals surface area contributed by atoms with Gasteiger partial charge in [0.1, 0.15) is 17.3 Å². The second-order valence-electron chi connectivity index (χ2n) is 17.1. The molecule has 0 radical (unpaired) electrons. The quantitative estimate of drug-likeness (QED) is 0.104. The second kappa shape index (κ2) is 18.4. The summed E-state index contributed by atoms with van der Waals surface area (Å²) in [7, 11) is 0. The Morgan fingerprint density at radius 2 is 1.60 bits per heavy atom. The summed E-state index contributed by atoms with van der Waals surface area (Å²) in [5.41, 5.74) is 3.92. The summed E-state index contributed by atoms with van der Waals surface area (Å²) >= 11 is -1.38. The number of ether oxygens (including phenoxy) is 1. The normalized spacial score (nSPS) is 27.6. The fourth-order valence-electron chi connectivity index (χ4n) is 10.5. The van der Waals surface area contributed by atoms with Crippen LogP contribution in [0.4, 0.5) is 26.7 Å². The molecule has 2 saturated carbocycles. The molecule has 3 aliphatic carbocycles. The first-order valence-electron chi connectivity index (χ1n) is 20.7. The Kier molecular flexibility index (Phi) is 14.1. The molecule has 55 heavy (non-hydrogen) atoms. The Morgan fingerprint density at radius 3 is 2.31 bits per heavy atom. The van der Waals surface area contributed by atoms with Gasteiger partial charge in [-0.25, -0.2) is 4.79 Å². The lowest BCUT2D eigenvalue weighted by Gasteiger charge is -2.53. The third-order valence-corrected chi connectivity index (χ3v) is 15.2. The third kappa shape index (κ3) is 10.2. The number of hydrogen-bond acceptors (Lipinski definition) is 5. The van der Waals surface area contributed by atoms with Gasteiger partial charge in [0, 0.05) is 31.9 Å². The van der Waals surface area contributed by atoms with Crippen LogP contribution in [0.3, 0.4) is 0 Å². The van der Waals surface area contributed by atoms with Crippen molar-refractivity contribution in [2.75, 3.05) is 24.6 Å². The zero-order valence-electron chi connectivity index (χ0n) is 32.2. The number of pyridine rings is 1. The first-order valence-corrected chi connectivity index (χ1v) is 22.2. The van der Waals surface area contributed by atoms with Gasteiger partial charge >= 0.3 is 18.2 Å². The summed E-state index contributed by atoms with van der Waals surface area (Å²) in [4.78, 5) is 19.2. The van der Waals surface area contributed by atoms with Gasteiger partial charge in [-0.05, 0) is 147 Å². The minimum Gasteiger partial charge on any atom is -0.616 e. The van der Waals surface area contributed by atoms with Crippen molar-refractivity contribution in [3.05, 3.63) is 59.4 Å². The maximum Gasteiger partial charge on any atom is 0.453 e. The number of nitrogens with zero attached hydrogens (tertiary/aromatic N) is 2. The first-order chi connectivity index (χ1) is 26.3. The van der Waals surface area contributed by atoms with Crippen LogP contribution >= 0.6 is 0 Å². The fourth-order valence-corrected chi connectivity index (χ4v) is 11.7. The van der Waals surface area contributed by atoms with E-state index in [2.05, 4.69) is 36.2 Å². The molecular formula is C43H59F5N2O4S. The number of hydrogen-bond donors (Lipinski definition) is 1. The molecule has 12 heteroatoms. The van der Waals surface area contributed by atoms with E-state index in [1.165, 1.54) is 16.7 Å². The molecule has 7 atom stereocenters. The van der Waals surface area contributed by atoms with Crippen LogP contribution in [-0.4, -0.2) is 68.4 Å². The van der Waals surface area contributed by atoms with Crippen molar-refractivity contribution in [1.29, 1.82) is 0 Å². The molecule has 1 aromatic carbocycles. The molecule has 2 aromatic rings. The molecular weight excluding hydrogens is 736 g/mol. The van der Waals surface area contributed by atoms with Crippen molar-refractivity contribution in [1.82, 2.24) is 9.88 Å². The number of benzene rings is 1. The lowest BCUT2D eigenvalue weighted by molar-refractivity contribution is -0.284. The Labute approximate surface area is 326 Å². The van der Waals surface area contributed by atoms with Crippen LogP contribution in [0, 0.1) is 23.2 Å². The molecule has 2 heterocycles. The smallest absolute Gasteiger partial charge is 0.453 e. The zero-order chi connectivity index (χ0) is 39.2. The topological polar surface area (TPSA) is 85.7 Å². The lowest BCUT2D eigenvalue weighted by Crippen LogP contribution is -2.47. The highest BCUT2D eigenvalue weighted by molar-refractivity contribution is 7.91. The highest BCUT2D eigenvalue weighted by atomic mass is 32.2. The standard InChI is InChI=1S/C43H59F5N2O4S/c1-41-21-15-36-35-12-11-34(54-40(52)50-24-18-31(19-25-50)30-16-22-49-23-17-30)29-33(35)28-32(39(36)37(41)13-14-38(41)51)10-7-5-3-2-4-6-8-26-55(53)27-9-20-42(44,45)43(46,47)48/h11-12,16-17,22-23,29,31-32,36-39,51H,2-10,13-15,18-21,24-28H2,1H3/t32-,36-,37+,38+,39-,41+,55?/m1/s1. The Hall–Kier alpha value is -2.44. The monoisotopic (exact) mass is 794 g/mol. The number of piperidine rings is 1. The number of amides is 1. The van der Waals surface area contributed by atoms with Crippen LogP contribution < -0.4 is 4.74 Å². The van der Waals surface area contributed by atoms with Gasteiger partial charge in [-0.1, -0.05) is 56.3 Å². The number of alkyl halides is 5. The van der Waals surface area contributed by atoms with Crippen molar-refractivity contribution < 1.29 is 41.1 Å². The van der Waals surface area contributed by atoms with E-state index in [0.717, 1.165) is 89.9 Å². The largest absolute Gasteiger partial charge is 0.616 e. The Balaban J connectivity index is 0.967. The number of carbonyl (C=O) groups excluding carboxylic acids is 1. The Morgan fingerprint density at radius 1 is 0.927 bits per heavy atom. The molecule has 1 unspecified atom stereocenters. The molecule has 4 aliphatic rings. The van der Waals surface area contributed by atoms with E-state index in [4.69, 9.17) is 4.74 Å². The van der Waals surface area contributed by atoms with E-state index >= 15 is 0 Å². The van der Waals surface area contributed by atoms with E-state index in [1.54, 1.807) is 0 Å². The summed E-state index contributed by atoms with van der Waals surface area (Å²) in [5, 5.41) is 11.1. The van der Waals surface area contributed by atoms with E-state index in [-0.39, 0.29) is 23.4 Å².